The molecule has 4 aliphatic rings. The highest BCUT2D eigenvalue weighted by atomic mass is 16.6. The van der Waals surface area contributed by atoms with Crippen molar-refractivity contribution in [1.82, 2.24) is 4.90 Å². The summed E-state index contributed by atoms with van der Waals surface area (Å²) in [4.78, 5) is 41.9. The third-order valence-corrected chi connectivity index (χ3v) is 6.17. The molecule has 3 heterocycles. The molecule has 5 rings (SSSR count). The van der Waals surface area contributed by atoms with Crippen molar-refractivity contribution in [3.63, 3.8) is 0 Å². The molecule has 5 atom stereocenters. The fourth-order valence-corrected chi connectivity index (χ4v) is 4.75. The highest BCUT2D eigenvalue weighted by Crippen LogP contribution is 2.55. The van der Waals surface area contributed by atoms with Crippen LogP contribution in [-0.2, 0) is 14.3 Å². The number of piperidine rings is 1. The molecule has 2 saturated heterocycles. The molecule has 0 radical (unpaired) electrons. The Bertz CT molecular complexity index is 805. The predicted molar refractivity (Wildman–Crippen MR) is 95.3 cm³/mol. The number of para-hydroxylation sites is 1. The van der Waals surface area contributed by atoms with Crippen LogP contribution in [0.4, 0.5) is 10.5 Å². The highest BCUT2D eigenvalue weighted by molar-refractivity contribution is 6.23. The maximum atomic E-state index is 13.2. The van der Waals surface area contributed by atoms with Crippen LogP contribution in [0.2, 0.25) is 0 Å². The smallest absolute Gasteiger partial charge is 0.410 e. The van der Waals surface area contributed by atoms with Gasteiger partial charge in [0.2, 0.25) is 11.8 Å². The van der Waals surface area contributed by atoms with E-state index in [1.54, 1.807) is 36.1 Å². The Hall–Kier alpha value is -2.63. The first-order valence-corrected chi connectivity index (χ1v) is 8.99. The number of benzene rings is 1. The van der Waals surface area contributed by atoms with E-state index < -0.39 is 29.4 Å². The van der Waals surface area contributed by atoms with E-state index in [0.717, 1.165) is 0 Å². The van der Waals surface area contributed by atoms with E-state index in [1.165, 1.54) is 4.90 Å². The number of carbonyl (C=O) groups is 3. The summed E-state index contributed by atoms with van der Waals surface area (Å²) < 4.78 is 5.21. The summed E-state index contributed by atoms with van der Waals surface area (Å²) in [6.45, 7) is 5.90. The average molecular weight is 354 g/mol. The second-order valence-corrected chi connectivity index (χ2v) is 7.35. The van der Waals surface area contributed by atoms with Gasteiger partial charge in [-0.15, -0.1) is 0 Å². The standard InChI is InChI=1S/C20H22N2O4/c1-4-26-19(25)21-12(2)20(3)11-10-14(21)15-16(20)18(24)22(17(15)23)13-8-6-5-7-9-13/h5-12,14-16H,4H2,1-3H3/t12-,14+,15-,16+,20+/m1/s1. The first kappa shape index (κ1) is 16.8. The number of amides is 3. The normalized spacial score (nSPS) is 35.0. The van der Waals surface area contributed by atoms with E-state index in [1.807, 2.05) is 32.1 Å². The van der Waals surface area contributed by atoms with Crippen LogP contribution in [0.25, 0.3) is 0 Å². The van der Waals surface area contributed by atoms with Gasteiger partial charge in [-0.3, -0.25) is 14.5 Å². The number of ether oxygens (including phenoxy) is 1. The van der Waals surface area contributed by atoms with E-state index in [0.29, 0.717) is 5.69 Å². The summed E-state index contributed by atoms with van der Waals surface area (Å²) >= 11 is 0. The summed E-state index contributed by atoms with van der Waals surface area (Å²) in [5.74, 6) is -1.46. The van der Waals surface area contributed by atoms with Gasteiger partial charge in [0.05, 0.1) is 30.2 Å². The number of imide groups is 1. The van der Waals surface area contributed by atoms with Crippen LogP contribution in [0.1, 0.15) is 20.8 Å². The first-order valence-electron chi connectivity index (χ1n) is 8.99. The van der Waals surface area contributed by atoms with E-state index in [9.17, 15) is 14.4 Å². The van der Waals surface area contributed by atoms with Crippen molar-refractivity contribution < 1.29 is 19.1 Å². The summed E-state index contributed by atoms with van der Waals surface area (Å²) in [5, 5.41) is 0. The number of hydrogen-bond donors (Lipinski definition) is 0. The van der Waals surface area contributed by atoms with Gasteiger partial charge in [0.15, 0.2) is 0 Å². The third kappa shape index (κ3) is 2.01. The maximum Gasteiger partial charge on any atom is 0.410 e. The molecule has 26 heavy (non-hydrogen) atoms. The molecular formula is C20H22N2O4. The average Bonchev–Trinajstić information content (AvgIpc) is 2.90. The summed E-state index contributed by atoms with van der Waals surface area (Å²) in [5.41, 5.74) is -0.0298. The second-order valence-electron chi connectivity index (χ2n) is 7.35. The Labute approximate surface area is 152 Å². The number of rotatable bonds is 2. The molecular weight excluding hydrogens is 332 g/mol. The van der Waals surface area contributed by atoms with Crippen molar-refractivity contribution >= 4 is 23.6 Å². The minimum Gasteiger partial charge on any atom is -0.450 e. The molecule has 6 heteroatoms. The van der Waals surface area contributed by atoms with Crippen LogP contribution in [0, 0.1) is 17.3 Å². The van der Waals surface area contributed by atoms with Gasteiger partial charge in [0, 0.05) is 11.5 Å². The number of anilines is 1. The Balaban J connectivity index is 1.78. The third-order valence-electron chi connectivity index (χ3n) is 6.17. The second kappa shape index (κ2) is 5.69. The van der Waals surface area contributed by atoms with Crippen molar-refractivity contribution in [2.24, 2.45) is 17.3 Å². The molecule has 0 aromatic heterocycles. The molecule has 136 valence electrons. The van der Waals surface area contributed by atoms with Gasteiger partial charge >= 0.3 is 6.09 Å². The molecule has 1 aromatic carbocycles. The van der Waals surface area contributed by atoms with Crippen molar-refractivity contribution in [3.05, 3.63) is 42.5 Å². The van der Waals surface area contributed by atoms with E-state index >= 15 is 0 Å². The fourth-order valence-electron chi connectivity index (χ4n) is 4.75. The van der Waals surface area contributed by atoms with Crippen molar-refractivity contribution in [2.75, 3.05) is 11.5 Å². The van der Waals surface area contributed by atoms with Gasteiger partial charge in [-0.25, -0.2) is 9.69 Å². The van der Waals surface area contributed by atoms with Crippen LogP contribution in [0.3, 0.4) is 0 Å². The van der Waals surface area contributed by atoms with Gasteiger partial charge in [0.1, 0.15) is 0 Å². The summed E-state index contributed by atoms with van der Waals surface area (Å²) in [6.07, 6.45) is 3.45. The van der Waals surface area contributed by atoms with Gasteiger partial charge < -0.3 is 4.74 Å². The Morgan fingerprint density at radius 2 is 1.88 bits per heavy atom. The molecule has 0 N–H and O–H groups in total. The van der Waals surface area contributed by atoms with Gasteiger partial charge in [-0.2, -0.15) is 0 Å². The van der Waals surface area contributed by atoms with Crippen molar-refractivity contribution in [3.8, 4) is 0 Å². The highest BCUT2D eigenvalue weighted by Gasteiger charge is 2.67. The van der Waals surface area contributed by atoms with Gasteiger partial charge in [0.25, 0.3) is 0 Å². The number of hydrogen-bond acceptors (Lipinski definition) is 4. The molecule has 0 saturated carbocycles. The van der Waals surface area contributed by atoms with Crippen molar-refractivity contribution in [2.45, 2.75) is 32.9 Å². The lowest BCUT2D eigenvalue weighted by molar-refractivity contribution is -0.134. The van der Waals surface area contributed by atoms with E-state index in [2.05, 4.69) is 0 Å². The number of carbonyl (C=O) groups excluding carboxylic acids is 3. The minimum absolute atomic E-state index is 0.182. The predicted octanol–water partition coefficient (Wildman–Crippen LogP) is 2.60. The molecule has 3 aliphatic heterocycles. The molecule has 2 bridgehead atoms. The van der Waals surface area contributed by atoms with Crippen LogP contribution in [0.5, 0.6) is 0 Å². The zero-order valence-electron chi connectivity index (χ0n) is 15.1. The first-order chi connectivity index (χ1) is 12.4. The van der Waals surface area contributed by atoms with Crippen LogP contribution >= 0.6 is 0 Å². The number of fused-ring (bicyclic) bond motifs is 1. The quantitative estimate of drug-likeness (QED) is 0.605. The SMILES string of the molecule is CCOC(=O)N1[C@H]2C=C[C@](C)([C@@H]3C(=O)N(c4ccccc4)C(=O)[C@@H]32)[C@H]1C. The summed E-state index contributed by atoms with van der Waals surface area (Å²) in [7, 11) is 0. The van der Waals surface area contributed by atoms with E-state index in [-0.39, 0.29) is 24.5 Å². The fraction of sp³-hybridized carbons (Fsp3) is 0.450. The monoisotopic (exact) mass is 354 g/mol. The lowest BCUT2D eigenvalue weighted by atomic mass is 9.58. The molecule has 2 fully saturated rings. The molecule has 0 unspecified atom stereocenters. The lowest BCUT2D eigenvalue weighted by Crippen LogP contribution is -2.66. The van der Waals surface area contributed by atoms with Crippen LogP contribution in [-0.4, -0.2) is 41.5 Å². The maximum absolute atomic E-state index is 13.2. The lowest BCUT2D eigenvalue weighted by Gasteiger charge is -2.56. The van der Waals surface area contributed by atoms with Crippen LogP contribution in [0.15, 0.2) is 42.5 Å². The van der Waals surface area contributed by atoms with Gasteiger partial charge in [-0.1, -0.05) is 37.3 Å². The van der Waals surface area contributed by atoms with Crippen molar-refractivity contribution in [1.29, 1.82) is 0 Å². The van der Waals surface area contributed by atoms with Crippen LogP contribution < -0.4 is 4.90 Å². The van der Waals surface area contributed by atoms with Gasteiger partial charge in [-0.05, 0) is 26.0 Å². The number of nitrogens with zero attached hydrogens (tertiary/aromatic N) is 2. The minimum atomic E-state index is -0.609. The summed E-state index contributed by atoms with van der Waals surface area (Å²) in [6, 6.07) is 8.29. The largest absolute Gasteiger partial charge is 0.450 e. The topological polar surface area (TPSA) is 66.9 Å². The van der Waals surface area contributed by atoms with E-state index in [4.69, 9.17) is 4.74 Å². The molecule has 6 nitrogen and oxygen atoms in total. The molecule has 1 aromatic rings. The molecule has 1 aliphatic carbocycles. The molecule has 3 amide bonds. The molecule has 0 spiro atoms. The Morgan fingerprint density at radius 1 is 1.19 bits per heavy atom. The zero-order chi connectivity index (χ0) is 18.6. The Morgan fingerprint density at radius 3 is 2.54 bits per heavy atom. The zero-order valence-corrected chi connectivity index (χ0v) is 15.1. The Kier molecular flexibility index (Phi) is 3.68.